The zero-order chi connectivity index (χ0) is 16.3. The first-order chi connectivity index (χ1) is 11.1. The molecule has 126 valence electrons. The molecule has 2 aliphatic rings. The minimum atomic E-state index is -3.39. The fraction of sp³-hybridized carbons (Fsp3) is 0.562. The van der Waals surface area contributed by atoms with E-state index in [2.05, 4.69) is 16.5 Å². The standard InChI is InChI=1S/C16H23N3O3S/c1-2-11-22-14-7-10-18(13-14)16-6-5-15(12-17-16)23(20,21)19-8-3-4-9-19/h2,5-6,12,14H,1,3-4,7-11,13H2. The summed E-state index contributed by atoms with van der Waals surface area (Å²) < 4.78 is 32.2. The van der Waals surface area contributed by atoms with Crippen LogP contribution in [-0.2, 0) is 14.8 Å². The number of sulfonamides is 1. The first kappa shape index (κ1) is 16.4. The largest absolute Gasteiger partial charge is 0.372 e. The van der Waals surface area contributed by atoms with Crippen molar-refractivity contribution in [1.29, 1.82) is 0 Å². The lowest BCUT2D eigenvalue weighted by atomic mass is 10.3. The summed E-state index contributed by atoms with van der Waals surface area (Å²) >= 11 is 0. The van der Waals surface area contributed by atoms with E-state index in [1.54, 1.807) is 22.5 Å². The average molecular weight is 337 g/mol. The highest BCUT2D eigenvalue weighted by molar-refractivity contribution is 7.89. The highest BCUT2D eigenvalue weighted by Gasteiger charge is 2.28. The zero-order valence-corrected chi connectivity index (χ0v) is 14.0. The molecule has 6 nitrogen and oxygen atoms in total. The van der Waals surface area contributed by atoms with Crippen LogP contribution in [0.25, 0.3) is 0 Å². The van der Waals surface area contributed by atoms with Crippen molar-refractivity contribution < 1.29 is 13.2 Å². The van der Waals surface area contributed by atoms with Crippen LogP contribution in [0.5, 0.6) is 0 Å². The molecule has 0 amide bonds. The van der Waals surface area contributed by atoms with E-state index in [1.165, 1.54) is 6.20 Å². The summed E-state index contributed by atoms with van der Waals surface area (Å²) in [5.74, 6) is 0.801. The van der Waals surface area contributed by atoms with Crippen LogP contribution in [0.15, 0.2) is 35.9 Å². The normalized spacial score (nSPS) is 22.6. The third-order valence-electron chi connectivity index (χ3n) is 4.34. The molecular weight excluding hydrogens is 314 g/mol. The van der Waals surface area contributed by atoms with Crippen molar-refractivity contribution in [2.24, 2.45) is 0 Å². The van der Waals surface area contributed by atoms with Gasteiger partial charge in [-0.3, -0.25) is 0 Å². The summed E-state index contributed by atoms with van der Waals surface area (Å²) in [4.78, 5) is 6.76. The summed E-state index contributed by atoms with van der Waals surface area (Å²) in [5.41, 5.74) is 0. The molecule has 1 aromatic heterocycles. The van der Waals surface area contributed by atoms with Crippen LogP contribution in [0.1, 0.15) is 19.3 Å². The van der Waals surface area contributed by atoms with E-state index in [1.807, 2.05) is 0 Å². The predicted molar refractivity (Wildman–Crippen MR) is 89.0 cm³/mol. The van der Waals surface area contributed by atoms with Crippen molar-refractivity contribution in [3.05, 3.63) is 31.0 Å². The second-order valence-electron chi connectivity index (χ2n) is 5.94. The molecule has 0 bridgehead atoms. The van der Waals surface area contributed by atoms with Gasteiger partial charge in [-0.05, 0) is 31.4 Å². The molecule has 2 aliphatic heterocycles. The number of rotatable bonds is 6. The molecular formula is C16H23N3O3S. The lowest BCUT2D eigenvalue weighted by Gasteiger charge is -2.19. The van der Waals surface area contributed by atoms with Gasteiger partial charge in [0.1, 0.15) is 10.7 Å². The highest BCUT2D eigenvalue weighted by atomic mass is 32.2. The Morgan fingerprint density at radius 2 is 2.09 bits per heavy atom. The predicted octanol–water partition coefficient (Wildman–Crippen LogP) is 1.65. The van der Waals surface area contributed by atoms with Crippen LogP contribution in [0.3, 0.4) is 0 Å². The minimum Gasteiger partial charge on any atom is -0.372 e. The summed E-state index contributed by atoms with van der Waals surface area (Å²) in [6.45, 7) is 7.07. The average Bonchev–Trinajstić information content (AvgIpc) is 3.25. The third kappa shape index (κ3) is 3.57. The van der Waals surface area contributed by atoms with Gasteiger partial charge in [0.15, 0.2) is 0 Å². The fourth-order valence-electron chi connectivity index (χ4n) is 3.07. The number of hydrogen-bond acceptors (Lipinski definition) is 5. The molecule has 2 saturated heterocycles. The Morgan fingerprint density at radius 1 is 1.30 bits per heavy atom. The van der Waals surface area contributed by atoms with E-state index in [0.717, 1.165) is 38.2 Å². The van der Waals surface area contributed by atoms with Crippen molar-refractivity contribution >= 4 is 15.8 Å². The Bertz CT molecular complexity index is 639. The SMILES string of the molecule is C=CCOC1CCN(c2ccc(S(=O)(=O)N3CCCC3)cn2)C1. The van der Waals surface area contributed by atoms with Gasteiger partial charge in [0.25, 0.3) is 0 Å². The fourth-order valence-corrected chi connectivity index (χ4v) is 4.53. The van der Waals surface area contributed by atoms with Crippen molar-refractivity contribution in [1.82, 2.24) is 9.29 Å². The minimum absolute atomic E-state index is 0.183. The molecule has 0 aromatic carbocycles. The number of anilines is 1. The van der Waals surface area contributed by atoms with Gasteiger partial charge < -0.3 is 9.64 Å². The Kier molecular flexibility index (Phi) is 4.99. The molecule has 0 spiro atoms. The Morgan fingerprint density at radius 3 is 2.74 bits per heavy atom. The van der Waals surface area contributed by atoms with Gasteiger partial charge >= 0.3 is 0 Å². The van der Waals surface area contributed by atoms with E-state index in [9.17, 15) is 8.42 Å². The van der Waals surface area contributed by atoms with E-state index >= 15 is 0 Å². The molecule has 0 saturated carbocycles. The molecule has 1 aromatic rings. The molecule has 2 fully saturated rings. The van der Waals surface area contributed by atoms with Crippen LogP contribution in [0.2, 0.25) is 0 Å². The Hall–Kier alpha value is -1.44. The zero-order valence-electron chi connectivity index (χ0n) is 13.2. The van der Waals surface area contributed by atoms with Crippen molar-refractivity contribution in [3.63, 3.8) is 0 Å². The number of pyridine rings is 1. The maximum absolute atomic E-state index is 12.5. The first-order valence-electron chi connectivity index (χ1n) is 8.05. The number of ether oxygens (including phenoxy) is 1. The maximum atomic E-state index is 12.5. The van der Waals surface area contributed by atoms with Crippen LogP contribution < -0.4 is 4.90 Å². The van der Waals surface area contributed by atoms with Crippen molar-refractivity contribution in [2.75, 3.05) is 37.7 Å². The number of nitrogens with zero attached hydrogens (tertiary/aromatic N) is 3. The molecule has 23 heavy (non-hydrogen) atoms. The lowest BCUT2D eigenvalue weighted by molar-refractivity contribution is 0.0909. The van der Waals surface area contributed by atoms with Gasteiger partial charge in [0.05, 0.1) is 12.7 Å². The summed E-state index contributed by atoms with van der Waals surface area (Å²) in [7, 11) is -3.39. The second kappa shape index (κ2) is 6.98. The summed E-state index contributed by atoms with van der Waals surface area (Å²) in [6, 6.07) is 3.45. The monoisotopic (exact) mass is 337 g/mol. The number of hydrogen-bond donors (Lipinski definition) is 0. The molecule has 1 unspecified atom stereocenters. The van der Waals surface area contributed by atoms with E-state index in [-0.39, 0.29) is 11.0 Å². The van der Waals surface area contributed by atoms with Crippen molar-refractivity contribution in [2.45, 2.75) is 30.3 Å². The van der Waals surface area contributed by atoms with Crippen LogP contribution >= 0.6 is 0 Å². The molecule has 0 radical (unpaired) electrons. The van der Waals surface area contributed by atoms with Gasteiger partial charge in [0.2, 0.25) is 10.0 Å². The van der Waals surface area contributed by atoms with Gasteiger partial charge in [-0.2, -0.15) is 4.31 Å². The molecule has 3 heterocycles. The molecule has 1 atom stereocenters. The topological polar surface area (TPSA) is 62.7 Å². The van der Waals surface area contributed by atoms with Crippen molar-refractivity contribution in [3.8, 4) is 0 Å². The van der Waals surface area contributed by atoms with Crippen LogP contribution in [-0.4, -0.2) is 56.6 Å². The van der Waals surface area contributed by atoms with E-state index in [4.69, 9.17) is 4.74 Å². The quantitative estimate of drug-likeness (QED) is 0.739. The van der Waals surface area contributed by atoms with Crippen LogP contribution in [0.4, 0.5) is 5.82 Å². The first-order valence-corrected chi connectivity index (χ1v) is 9.49. The number of aromatic nitrogens is 1. The lowest BCUT2D eigenvalue weighted by Crippen LogP contribution is -2.28. The summed E-state index contributed by atoms with van der Waals surface area (Å²) in [5, 5.41) is 0. The Labute approximate surface area is 137 Å². The van der Waals surface area contributed by atoms with Gasteiger partial charge in [0, 0.05) is 32.4 Å². The molecule has 0 aliphatic carbocycles. The molecule has 0 N–H and O–H groups in total. The third-order valence-corrected chi connectivity index (χ3v) is 6.22. The van der Waals surface area contributed by atoms with Gasteiger partial charge in [-0.1, -0.05) is 6.08 Å². The second-order valence-corrected chi connectivity index (χ2v) is 7.88. The van der Waals surface area contributed by atoms with Gasteiger partial charge in [-0.15, -0.1) is 6.58 Å². The van der Waals surface area contributed by atoms with Crippen LogP contribution in [0, 0.1) is 0 Å². The maximum Gasteiger partial charge on any atom is 0.244 e. The Balaban J connectivity index is 1.67. The molecule has 7 heteroatoms. The van der Waals surface area contributed by atoms with E-state index < -0.39 is 10.0 Å². The molecule has 3 rings (SSSR count). The summed E-state index contributed by atoms with van der Waals surface area (Å²) in [6.07, 6.45) is 6.22. The van der Waals surface area contributed by atoms with E-state index in [0.29, 0.717) is 19.7 Å². The smallest absolute Gasteiger partial charge is 0.244 e. The highest BCUT2D eigenvalue weighted by Crippen LogP contribution is 2.24. The van der Waals surface area contributed by atoms with Gasteiger partial charge in [-0.25, -0.2) is 13.4 Å².